The lowest BCUT2D eigenvalue weighted by Gasteiger charge is -2.21. The minimum atomic E-state index is -1.26. The number of pyridine rings is 2. The third-order valence-electron chi connectivity index (χ3n) is 10.8. The van der Waals surface area contributed by atoms with Crippen molar-refractivity contribution in [3.63, 3.8) is 0 Å². The molecule has 348 valence electrons. The summed E-state index contributed by atoms with van der Waals surface area (Å²) in [4.78, 5) is 76.2. The molecule has 0 unspecified atom stereocenters. The van der Waals surface area contributed by atoms with Crippen LogP contribution in [0.1, 0.15) is 0 Å². The fourth-order valence-corrected chi connectivity index (χ4v) is 8.08. The van der Waals surface area contributed by atoms with Crippen molar-refractivity contribution in [2.75, 3.05) is 76.3 Å². The number of fused-ring (bicyclic) bond motifs is 2. The van der Waals surface area contributed by atoms with E-state index in [9.17, 15) is 28.8 Å². The van der Waals surface area contributed by atoms with E-state index in [0.717, 1.165) is 23.7 Å². The smallest absolute Gasteiger partial charge is 0.328 e. The highest BCUT2D eigenvalue weighted by Gasteiger charge is 2.39. The maximum absolute atomic E-state index is 9.55. The average molecular weight is 907 g/mol. The van der Waals surface area contributed by atoms with E-state index in [0.29, 0.717) is 36.5 Å². The number of carbonyl (C=O) groups is 6. The second-order valence-electron chi connectivity index (χ2n) is 15.9. The van der Waals surface area contributed by atoms with Crippen LogP contribution in [0.15, 0.2) is 134 Å². The molecule has 4 aliphatic rings. The number of aliphatic carboxylic acids is 6. The van der Waals surface area contributed by atoms with Crippen molar-refractivity contribution in [1.29, 1.82) is 0 Å². The highest BCUT2D eigenvalue weighted by molar-refractivity contribution is 5.90. The Morgan fingerprint density at radius 3 is 0.909 bits per heavy atom. The summed E-state index contributed by atoms with van der Waals surface area (Å²) in [6, 6.07) is 25.6. The molecule has 4 atom stereocenters. The van der Waals surface area contributed by atoms with Crippen LogP contribution in [-0.2, 0) is 28.8 Å². The van der Waals surface area contributed by atoms with Gasteiger partial charge in [0.05, 0.1) is 23.8 Å². The Balaban J connectivity index is 0.000000197. The zero-order valence-corrected chi connectivity index (χ0v) is 36.5. The molecule has 18 heteroatoms. The lowest BCUT2D eigenvalue weighted by atomic mass is 10.0. The number of rotatable bonds is 10. The molecule has 18 nitrogen and oxygen atoms in total. The van der Waals surface area contributed by atoms with Gasteiger partial charge in [-0.1, -0.05) is 60.7 Å². The zero-order chi connectivity index (χ0) is 48.2. The number of hydrogen-bond acceptors (Lipinski definition) is 12. The number of nitrogens with zero attached hydrogens (tertiary/aromatic N) is 6. The monoisotopic (exact) mass is 906 g/mol. The van der Waals surface area contributed by atoms with Gasteiger partial charge in [0.25, 0.3) is 0 Å². The molecule has 2 aromatic heterocycles. The lowest BCUT2D eigenvalue weighted by molar-refractivity contribution is -0.134. The number of carboxylic acids is 6. The Hall–Kier alpha value is -7.70. The van der Waals surface area contributed by atoms with Crippen LogP contribution in [-0.4, -0.2) is 153 Å². The molecule has 66 heavy (non-hydrogen) atoms. The third kappa shape index (κ3) is 17.5. The Morgan fingerprint density at radius 1 is 0.409 bits per heavy atom. The minimum Gasteiger partial charge on any atom is -0.478 e. The number of likely N-dealkylation sites (tertiary alicyclic amines) is 2. The fraction of sp³-hybridized carbons (Fsp3) is 0.292. The van der Waals surface area contributed by atoms with Crippen LogP contribution in [0.25, 0.3) is 22.3 Å². The van der Waals surface area contributed by atoms with E-state index in [1.165, 1.54) is 86.0 Å². The Morgan fingerprint density at radius 2 is 0.667 bits per heavy atom. The predicted octanol–water partition coefficient (Wildman–Crippen LogP) is 4.63. The summed E-state index contributed by atoms with van der Waals surface area (Å²) in [6.45, 7) is 9.67. The normalized spacial score (nSPS) is 19.5. The summed E-state index contributed by atoms with van der Waals surface area (Å²) < 4.78 is 0. The first-order valence-corrected chi connectivity index (χ1v) is 20.8. The van der Waals surface area contributed by atoms with Crippen LogP contribution < -0.4 is 9.80 Å². The van der Waals surface area contributed by atoms with Crippen molar-refractivity contribution in [2.45, 2.75) is 0 Å². The molecule has 0 radical (unpaired) electrons. The molecule has 0 amide bonds. The van der Waals surface area contributed by atoms with Crippen molar-refractivity contribution < 1.29 is 59.4 Å². The average Bonchev–Trinajstić information content (AvgIpc) is 4.06. The molecular weight excluding hydrogens is 853 g/mol. The number of aromatic nitrogens is 2. The topological polar surface area (TPSA) is 263 Å². The Kier molecular flexibility index (Phi) is 19.7. The molecule has 0 saturated carbocycles. The molecule has 8 rings (SSSR count). The van der Waals surface area contributed by atoms with Gasteiger partial charge in [0.1, 0.15) is 0 Å². The van der Waals surface area contributed by atoms with Crippen LogP contribution >= 0.6 is 0 Å². The quantitative estimate of drug-likeness (QED) is 0.119. The summed E-state index contributed by atoms with van der Waals surface area (Å²) in [7, 11) is 4.47. The van der Waals surface area contributed by atoms with E-state index in [2.05, 4.69) is 116 Å². The van der Waals surface area contributed by atoms with Crippen molar-refractivity contribution in [3.8, 4) is 22.3 Å². The van der Waals surface area contributed by atoms with Gasteiger partial charge in [0.15, 0.2) is 0 Å². The van der Waals surface area contributed by atoms with Crippen molar-refractivity contribution in [2.24, 2.45) is 23.7 Å². The van der Waals surface area contributed by atoms with Gasteiger partial charge in [0, 0.05) is 112 Å². The van der Waals surface area contributed by atoms with E-state index in [4.69, 9.17) is 30.6 Å². The van der Waals surface area contributed by atoms with Crippen molar-refractivity contribution in [1.82, 2.24) is 19.8 Å². The van der Waals surface area contributed by atoms with Crippen LogP contribution in [0.2, 0.25) is 0 Å². The fourth-order valence-electron chi connectivity index (χ4n) is 8.08. The van der Waals surface area contributed by atoms with E-state index in [1.54, 1.807) is 0 Å². The highest BCUT2D eigenvalue weighted by Crippen LogP contribution is 2.35. The van der Waals surface area contributed by atoms with Gasteiger partial charge in [0.2, 0.25) is 0 Å². The summed E-state index contributed by atoms with van der Waals surface area (Å²) in [6.07, 6.45) is 11.3. The van der Waals surface area contributed by atoms with Crippen LogP contribution in [0.4, 0.5) is 11.4 Å². The molecule has 0 bridgehead atoms. The van der Waals surface area contributed by atoms with E-state index < -0.39 is 35.8 Å². The summed E-state index contributed by atoms with van der Waals surface area (Å²) in [5, 5.41) is 46.9. The molecule has 0 spiro atoms. The molecule has 4 saturated heterocycles. The second kappa shape index (κ2) is 25.6. The Labute approximate surface area is 381 Å². The molecule has 4 aromatic rings. The van der Waals surface area contributed by atoms with Gasteiger partial charge in [-0.05, 0) is 61.0 Å². The molecule has 4 fully saturated rings. The number of anilines is 2. The van der Waals surface area contributed by atoms with Crippen LogP contribution in [0, 0.1) is 23.7 Å². The van der Waals surface area contributed by atoms with Gasteiger partial charge < -0.3 is 50.2 Å². The van der Waals surface area contributed by atoms with E-state index >= 15 is 0 Å². The van der Waals surface area contributed by atoms with Gasteiger partial charge in [-0.3, -0.25) is 9.97 Å². The van der Waals surface area contributed by atoms with Gasteiger partial charge in [-0.2, -0.15) is 0 Å². The van der Waals surface area contributed by atoms with Gasteiger partial charge in [-0.25, -0.2) is 28.8 Å². The first kappa shape index (κ1) is 50.9. The largest absolute Gasteiger partial charge is 0.478 e. The van der Waals surface area contributed by atoms with E-state index in [-0.39, 0.29) is 0 Å². The highest BCUT2D eigenvalue weighted by atomic mass is 16.4. The number of hydrogen-bond donors (Lipinski definition) is 6. The molecule has 2 aromatic carbocycles. The maximum Gasteiger partial charge on any atom is 0.328 e. The van der Waals surface area contributed by atoms with Gasteiger partial charge >= 0.3 is 35.8 Å². The molecule has 6 heterocycles. The minimum absolute atomic E-state index is 0.558. The number of carboxylic acid groups (broad SMARTS) is 6. The lowest BCUT2D eigenvalue weighted by Crippen LogP contribution is -2.26. The maximum atomic E-state index is 9.55. The molecular formula is C48H54N6O12. The standard InChI is InChI=1S/2C18H21N3.3C4H4O4/c2*1-20-10-16-12-21(13-17(16)11-20)18-7-15(8-19-9-18)14-5-3-2-4-6-14;3*5-3(6)1-2-4(7)8/h2*2-9,16-17H,10-13H2,1H3;3*1-2H,(H,5,6)(H,7,8)/b;;3*2-1+/t2*16-,17+;;;. The van der Waals surface area contributed by atoms with Crippen LogP contribution in [0.3, 0.4) is 0 Å². The van der Waals surface area contributed by atoms with Gasteiger partial charge in [-0.15, -0.1) is 0 Å². The first-order valence-electron chi connectivity index (χ1n) is 20.8. The Bertz CT molecular complexity index is 2090. The predicted molar refractivity (Wildman–Crippen MR) is 246 cm³/mol. The second-order valence-corrected chi connectivity index (χ2v) is 15.9. The zero-order valence-electron chi connectivity index (χ0n) is 36.5. The van der Waals surface area contributed by atoms with Crippen molar-refractivity contribution in [3.05, 3.63) is 134 Å². The summed E-state index contributed by atoms with van der Waals surface area (Å²) >= 11 is 0. The van der Waals surface area contributed by atoms with Crippen LogP contribution in [0.5, 0.6) is 0 Å². The first-order chi connectivity index (χ1) is 31.5. The molecule has 0 aliphatic carbocycles. The van der Waals surface area contributed by atoms with Crippen molar-refractivity contribution >= 4 is 47.2 Å². The molecule has 4 aliphatic heterocycles. The summed E-state index contributed by atoms with van der Waals surface area (Å²) in [5.74, 6) is -4.23. The van der Waals surface area contributed by atoms with E-state index in [1.807, 2.05) is 24.8 Å². The SMILES string of the molecule is CN1C[C@@H]2CN(c3cncc(-c4ccccc4)c3)C[C@@H]2C1.CN1C[C@@H]2CN(c3cncc(-c4ccccc4)c3)C[C@@H]2C1.O=C(O)/C=C/C(=O)O.O=C(O)/C=C/C(=O)O.O=C(O)/C=C/C(=O)O. The summed E-state index contributed by atoms with van der Waals surface area (Å²) in [5.41, 5.74) is 7.45. The third-order valence-corrected chi connectivity index (χ3v) is 10.8. The molecule has 6 N–H and O–H groups in total. The number of benzene rings is 2.